The van der Waals surface area contributed by atoms with Crippen molar-refractivity contribution >= 4 is 27.5 Å². The van der Waals surface area contributed by atoms with Gasteiger partial charge in [-0.1, -0.05) is 0 Å². The molecular weight excluding hydrogens is 382 g/mol. The van der Waals surface area contributed by atoms with E-state index >= 15 is 0 Å². The SMILES string of the molecule is CN(c1ccc(C(=O)NC2CCCN(C(=O)c3ccco3)C2)cc1)S(C)(=O)=O. The molecule has 0 saturated carbocycles. The second-order valence-corrected chi connectivity index (χ2v) is 8.83. The Labute approximate surface area is 164 Å². The van der Waals surface area contributed by atoms with Crippen molar-refractivity contribution in [2.75, 3.05) is 30.7 Å². The number of furan rings is 1. The lowest BCUT2D eigenvalue weighted by Gasteiger charge is -2.32. The van der Waals surface area contributed by atoms with Gasteiger partial charge in [0, 0.05) is 31.7 Å². The zero-order chi connectivity index (χ0) is 20.3. The summed E-state index contributed by atoms with van der Waals surface area (Å²) >= 11 is 0. The van der Waals surface area contributed by atoms with Gasteiger partial charge in [-0.25, -0.2) is 8.42 Å². The summed E-state index contributed by atoms with van der Waals surface area (Å²) in [5, 5.41) is 2.95. The third-order valence-electron chi connectivity index (χ3n) is 4.77. The molecule has 2 heterocycles. The molecule has 1 aromatic heterocycles. The molecule has 3 rings (SSSR count). The fourth-order valence-electron chi connectivity index (χ4n) is 3.12. The topological polar surface area (TPSA) is 99.9 Å². The molecular formula is C19H23N3O5S. The van der Waals surface area contributed by atoms with Gasteiger partial charge in [0.05, 0.1) is 18.2 Å². The normalized spacial score (nSPS) is 17.2. The Morgan fingerprint density at radius 2 is 1.93 bits per heavy atom. The fourth-order valence-corrected chi connectivity index (χ4v) is 3.62. The maximum absolute atomic E-state index is 12.5. The van der Waals surface area contributed by atoms with E-state index in [1.54, 1.807) is 41.3 Å². The number of carbonyl (C=O) groups excluding carboxylic acids is 2. The molecule has 1 aliphatic rings. The molecule has 9 heteroatoms. The Balaban J connectivity index is 1.62. The Hall–Kier alpha value is -2.81. The van der Waals surface area contributed by atoms with E-state index in [0.717, 1.165) is 23.4 Å². The van der Waals surface area contributed by atoms with E-state index < -0.39 is 10.0 Å². The molecule has 1 unspecified atom stereocenters. The standard InChI is InChI=1S/C19H23N3O5S/c1-21(28(2,25)26)16-9-7-14(8-10-16)18(23)20-15-5-3-11-22(13-15)19(24)17-6-4-12-27-17/h4,6-10,12,15H,3,5,11,13H2,1-2H3,(H,20,23). The molecule has 1 N–H and O–H groups in total. The molecule has 0 spiro atoms. The highest BCUT2D eigenvalue weighted by atomic mass is 32.2. The van der Waals surface area contributed by atoms with Gasteiger partial charge in [0.25, 0.3) is 11.8 Å². The predicted octanol–water partition coefficient (Wildman–Crippen LogP) is 1.71. The lowest BCUT2D eigenvalue weighted by Crippen LogP contribution is -2.49. The van der Waals surface area contributed by atoms with E-state index in [2.05, 4.69) is 5.32 Å². The molecule has 2 aromatic rings. The Kier molecular flexibility index (Phi) is 5.73. The first-order valence-corrected chi connectivity index (χ1v) is 10.8. The van der Waals surface area contributed by atoms with Crippen LogP contribution in [0.25, 0.3) is 0 Å². The highest BCUT2D eigenvalue weighted by Crippen LogP contribution is 2.18. The van der Waals surface area contributed by atoms with Crippen molar-refractivity contribution in [1.29, 1.82) is 0 Å². The van der Waals surface area contributed by atoms with Gasteiger partial charge in [-0.15, -0.1) is 0 Å². The summed E-state index contributed by atoms with van der Waals surface area (Å²) in [5.74, 6) is -0.152. The maximum atomic E-state index is 12.5. The average Bonchev–Trinajstić information content (AvgIpc) is 3.21. The van der Waals surface area contributed by atoms with E-state index in [-0.39, 0.29) is 23.6 Å². The first-order valence-electron chi connectivity index (χ1n) is 8.93. The predicted molar refractivity (Wildman–Crippen MR) is 105 cm³/mol. The van der Waals surface area contributed by atoms with E-state index in [1.807, 2.05) is 0 Å². The van der Waals surface area contributed by atoms with Gasteiger partial charge in [0.1, 0.15) is 0 Å². The summed E-state index contributed by atoms with van der Waals surface area (Å²) < 4.78 is 29.5. The van der Waals surface area contributed by atoms with Crippen molar-refractivity contribution in [2.24, 2.45) is 0 Å². The largest absolute Gasteiger partial charge is 0.459 e. The number of amides is 2. The summed E-state index contributed by atoms with van der Waals surface area (Å²) in [7, 11) is -1.90. The van der Waals surface area contributed by atoms with Gasteiger partial charge >= 0.3 is 0 Å². The number of sulfonamides is 1. The van der Waals surface area contributed by atoms with Crippen LogP contribution < -0.4 is 9.62 Å². The molecule has 2 amide bonds. The summed E-state index contributed by atoms with van der Waals surface area (Å²) in [6.07, 6.45) is 4.14. The van der Waals surface area contributed by atoms with Crippen molar-refractivity contribution in [2.45, 2.75) is 18.9 Å². The molecule has 0 radical (unpaired) electrons. The molecule has 8 nitrogen and oxygen atoms in total. The summed E-state index contributed by atoms with van der Waals surface area (Å²) in [4.78, 5) is 26.6. The number of nitrogens with one attached hydrogen (secondary N) is 1. The number of benzene rings is 1. The number of hydrogen-bond acceptors (Lipinski definition) is 5. The second-order valence-electron chi connectivity index (χ2n) is 6.82. The summed E-state index contributed by atoms with van der Waals surface area (Å²) in [6, 6.07) is 9.48. The van der Waals surface area contributed by atoms with E-state index in [1.165, 1.54) is 13.3 Å². The minimum Gasteiger partial charge on any atom is -0.459 e. The Morgan fingerprint density at radius 3 is 2.54 bits per heavy atom. The van der Waals surface area contributed by atoms with Crippen LogP contribution in [0.2, 0.25) is 0 Å². The first-order chi connectivity index (χ1) is 13.3. The number of carbonyl (C=O) groups is 2. The maximum Gasteiger partial charge on any atom is 0.289 e. The number of likely N-dealkylation sites (tertiary alicyclic amines) is 1. The quantitative estimate of drug-likeness (QED) is 0.816. The molecule has 0 bridgehead atoms. The van der Waals surface area contributed by atoms with E-state index in [4.69, 9.17) is 4.42 Å². The van der Waals surface area contributed by atoms with E-state index in [0.29, 0.717) is 24.3 Å². The smallest absolute Gasteiger partial charge is 0.289 e. The van der Waals surface area contributed by atoms with Crippen molar-refractivity contribution in [1.82, 2.24) is 10.2 Å². The van der Waals surface area contributed by atoms with Crippen LogP contribution >= 0.6 is 0 Å². The highest BCUT2D eigenvalue weighted by molar-refractivity contribution is 7.92. The molecule has 1 atom stereocenters. The summed E-state index contributed by atoms with van der Waals surface area (Å²) in [5.41, 5.74) is 0.909. The third-order valence-corrected chi connectivity index (χ3v) is 5.97. The van der Waals surface area contributed by atoms with Crippen LogP contribution in [-0.2, 0) is 10.0 Å². The van der Waals surface area contributed by atoms with E-state index in [9.17, 15) is 18.0 Å². The van der Waals surface area contributed by atoms with Crippen LogP contribution in [0.3, 0.4) is 0 Å². The number of hydrogen-bond donors (Lipinski definition) is 1. The number of rotatable bonds is 5. The van der Waals surface area contributed by atoms with Gasteiger partial charge in [0.15, 0.2) is 5.76 Å². The molecule has 150 valence electrons. The molecule has 28 heavy (non-hydrogen) atoms. The van der Waals surface area contributed by atoms with Crippen molar-refractivity contribution < 1.29 is 22.4 Å². The zero-order valence-electron chi connectivity index (χ0n) is 15.8. The number of piperidine rings is 1. The van der Waals surface area contributed by atoms with Gasteiger partial charge < -0.3 is 14.6 Å². The first kappa shape index (κ1) is 19.9. The van der Waals surface area contributed by atoms with Crippen LogP contribution in [-0.4, -0.2) is 57.6 Å². The highest BCUT2D eigenvalue weighted by Gasteiger charge is 2.27. The lowest BCUT2D eigenvalue weighted by atomic mass is 10.0. The van der Waals surface area contributed by atoms with Crippen LogP contribution in [0.15, 0.2) is 47.1 Å². The minimum absolute atomic E-state index is 0.154. The Bertz CT molecular complexity index is 938. The van der Waals surface area contributed by atoms with Crippen molar-refractivity contribution in [3.8, 4) is 0 Å². The molecule has 1 fully saturated rings. The van der Waals surface area contributed by atoms with Crippen LogP contribution in [0.1, 0.15) is 33.8 Å². The average molecular weight is 405 g/mol. The van der Waals surface area contributed by atoms with Crippen LogP contribution in [0.5, 0.6) is 0 Å². The summed E-state index contributed by atoms with van der Waals surface area (Å²) in [6.45, 7) is 1.04. The van der Waals surface area contributed by atoms with Crippen LogP contribution in [0.4, 0.5) is 5.69 Å². The van der Waals surface area contributed by atoms with Crippen LogP contribution in [0, 0.1) is 0 Å². The molecule has 1 aromatic carbocycles. The third kappa shape index (κ3) is 4.53. The zero-order valence-corrected chi connectivity index (χ0v) is 16.6. The van der Waals surface area contributed by atoms with Crippen molar-refractivity contribution in [3.63, 3.8) is 0 Å². The Morgan fingerprint density at radius 1 is 1.21 bits per heavy atom. The molecule has 1 aliphatic heterocycles. The number of anilines is 1. The lowest BCUT2D eigenvalue weighted by molar-refractivity contribution is 0.0647. The minimum atomic E-state index is -3.36. The molecule has 1 saturated heterocycles. The van der Waals surface area contributed by atoms with Gasteiger partial charge in [0.2, 0.25) is 10.0 Å². The van der Waals surface area contributed by atoms with Gasteiger partial charge in [-0.05, 0) is 49.2 Å². The van der Waals surface area contributed by atoms with Gasteiger partial charge in [-0.2, -0.15) is 0 Å². The second kappa shape index (κ2) is 8.05. The fraction of sp³-hybridized carbons (Fsp3) is 0.368. The number of nitrogens with zero attached hydrogens (tertiary/aromatic N) is 2. The monoisotopic (exact) mass is 405 g/mol. The van der Waals surface area contributed by atoms with Gasteiger partial charge in [-0.3, -0.25) is 13.9 Å². The molecule has 0 aliphatic carbocycles. The van der Waals surface area contributed by atoms with Crippen molar-refractivity contribution in [3.05, 3.63) is 54.0 Å².